The molecule has 1 N–H and O–H groups in total. The minimum absolute atomic E-state index is 0.180. The molecule has 5 unspecified atom stereocenters. The van der Waals surface area contributed by atoms with Gasteiger partial charge in [0.05, 0.1) is 10.7 Å². The van der Waals surface area contributed by atoms with Crippen LogP contribution >= 0.6 is 11.3 Å². The summed E-state index contributed by atoms with van der Waals surface area (Å²) in [7, 11) is 2.15. The van der Waals surface area contributed by atoms with Crippen LogP contribution in [-0.4, -0.2) is 18.1 Å². The van der Waals surface area contributed by atoms with Crippen LogP contribution in [0.25, 0.3) is 0 Å². The van der Waals surface area contributed by atoms with Crippen molar-refractivity contribution in [3.05, 3.63) is 16.1 Å². The number of nitrogens with one attached hydrogen (secondary N) is 1. The lowest BCUT2D eigenvalue weighted by atomic mass is 9.93. The van der Waals surface area contributed by atoms with Gasteiger partial charge < -0.3 is 5.32 Å². The van der Waals surface area contributed by atoms with Crippen molar-refractivity contribution in [1.29, 1.82) is 0 Å². The summed E-state index contributed by atoms with van der Waals surface area (Å²) < 4.78 is 0. The van der Waals surface area contributed by atoms with E-state index in [0.717, 1.165) is 36.0 Å². The van der Waals surface area contributed by atoms with Gasteiger partial charge in [0.25, 0.3) is 0 Å². The second-order valence-corrected chi connectivity index (χ2v) is 9.48. The molecule has 1 aromatic heterocycles. The van der Waals surface area contributed by atoms with Crippen LogP contribution in [-0.2, 0) is 11.8 Å². The largest absolute Gasteiger partial charge is 0.316 e. The van der Waals surface area contributed by atoms with E-state index in [1.807, 2.05) is 11.3 Å². The Bertz CT molecular complexity index is 514. The monoisotopic (exact) mass is 304 g/mol. The summed E-state index contributed by atoms with van der Waals surface area (Å²) in [6.07, 6.45) is 5.72. The predicted octanol–water partition coefficient (Wildman–Crippen LogP) is 3.86. The standard InChI is InChI=1S/C18H28N2S/c1-18(2,3)13-9-21-14(20-13)8-12(19-4)17-15-10-5-6-11(7-10)16(15)17/h9-12,15-17,19H,5-8H2,1-4H3. The summed E-state index contributed by atoms with van der Waals surface area (Å²) in [6.45, 7) is 6.76. The third kappa shape index (κ3) is 2.28. The molecule has 21 heavy (non-hydrogen) atoms. The van der Waals surface area contributed by atoms with Crippen LogP contribution in [0.1, 0.15) is 50.7 Å². The van der Waals surface area contributed by atoms with Gasteiger partial charge in [-0.25, -0.2) is 4.98 Å². The Morgan fingerprint density at radius 2 is 1.95 bits per heavy atom. The molecule has 0 aliphatic heterocycles. The van der Waals surface area contributed by atoms with E-state index in [4.69, 9.17) is 4.98 Å². The molecule has 3 heteroatoms. The lowest BCUT2D eigenvalue weighted by Crippen LogP contribution is -2.32. The molecular formula is C18H28N2S. The minimum Gasteiger partial charge on any atom is -0.316 e. The molecule has 0 spiro atoms. The van der Waals surface area contributed by atoms with Gasteiger partial charge in [-0.1, -0.05) is 20.8 Å². The zero-order valence-corrected chi connectivity index (χ0v) is 14.5. The smallest absolute Gasteiger partial charge is 0.0944 e. The van der Waals surface area contributed by atoms with Crippen molar-refractivity contribution in [2.24, 2.45) is 29.6 Å². The first-order valence-electron chi connectivity index (χ1n) is 8.61. The molecule has 0 radical (unpaired) electrons. The number of thiazole rings is 1. The molecule has 1 aromatic rings. The van der Waals surface area contributed by atoms with Crippen molar-refractivity contribution in [1.82, 2.24) is 10.3 Å². The van der Waals surface area contributed by atoms with E-state index in [1.54, 1.807) is 6.42 Å². The van der Waals surface area contributed by atoms with E-state index >= 15 is 0 Å². The predicted molar refractivity (Wildman–Crippen MR) is 88.7 cm³/mol. The number of aromatic nitrogens is 1. The van der Waals surface area contributed by atoms with Gasteiger partial charge >= 0.3 is 0 Å². The Balaban J connectivity index is 1.45. The summed E-state index contributed by atoms with van der Waals surface area (Å²) >= 11 is 1.86. The SMILES string of the molecule is CNC(Cc1nc(C(C)(C)C)cs1)C1C2C3CCC(C3)C21. The van der Waals surface area contributed by atoms with Crippen molar-refractivity contribution in [2.45, 2.75) is 57.9 Å². The van der Waals surface area contributed by atoms with Gasteiger partial charge in [0.1, 0.15) is 0 Å². The molecule has 3 fully saturated rings. The molecule has 4 rings (SSSR count). The van der Waals surface area contributed by atoms with Crippen LogP contribution < -0.4 is 5.32 Å². The quantitative estimate of drug-likeness (QED) is 0.913. The number of hydrogen-bond acceptors (Lipinski definition) is 3. The molecule has 2 nitrogen and oxygen atoms in total. The van der Waals surface area contributed by atoms with Gasteiger partial charge in [-0.2, -0.15) is 0 Å². The third-order valence-corrected chi connectivity index (χ3v) is 7.22. The number of hydrogen-bond donors (Lipinski definition) is 1. The van der Waals surface area contributed by atoms with E-state index in [1.165, 1.54) is 23.5 Å². The summed E-state index contributed by atoms with van der Waals surface area (Å²) in [4.78, 5) is 4.91. The molecule has 116 valence electrons. The van der Waals surface area contributed by atoms with Crippen LogP contribution in [0.5, 0.6) is 0 Å². The van der Waals surface area contributed by atoms with Crippen molar-refractivity contribution in [2.75, 3.05) is 7.05 Å². The number of likely N-dealkylation sites (N-methyl/N-ethyl adjacent to an activating group) is 1. The van der Waals surface area contributed by atoms with Crippen LogP contribution in [0.3, 0.4) is 0 Å². The first kappa shape index (κ1) is 14.2. The van der Waals surface area contributed by atoms with E-state index < -0.39 is 0 Å². The highest BCUT2D eigenvalue weighted by atomic mass is 32.1. The Labute approximate surface area is 132 Å². The van der Waals surface area contributed by atoms with Crippen molar-refractivity contribution in [3.63, 3.8) is 0 Å². The van der Waals surface area contributed by atoms with Crippen molar-refractivity contribution < 1.29 is 0 Å². The maximum Gasteiger partial charge on any atom is 0.0944 e. The molecule has 2 bridgehead atoms. The number of fused-ring (bicyclic) bond motifs is 5. The number of rotatable bonds is 4. The van der Waals surface area contributed by atoms with E-state index in [0.29, 0.717) is 6.04 Å². The highest BCUT2D eigenvalue weighted by molar-refractivity contribution is 7.09. The molecule has 3 saturated carbocycles. The van der Waals surface area contributed by atoms with E-state index in [9.17, 15) is 0 Å². The fraction of sp³-hybridized carbons (Fsp3) is 0.833. The molecule has 3 aliphatic rings. The third-order valence-electron chi connectivity index (χ3n) is 6.34. The highest BCUT2D eigenvalue weighted by Crippen LogP contribution is 2.70. The first-order valence-corrected chi connectivity index (χ1v) is 9.49. The fourth-order valence-electron chi connectivity index (χ4n) is 5.30. The van der Waals surface area contributed by atoms with Gasteiger partial charge in [-0.15, -0.1) is 11.3 Å². The normalized spacial score (nSPS) is 38.6. The second-order valence-electron chi connectivity index (χ2n) is 8.54. The van der Waals surface area contributed by atoms with Gasteiger partial charge in [0, 0.05) is 23.3 Å². The van der Waals surface area contributed by atoms with Crippen LogP contribution in [0, 0.1) is 29.6 Å². The van der Waals surface area contributed by atoms with Crippen molar-refractivity contribution >= 4 is 11.3 Å². The van der Waals surface area contributed by atoms with E-state index in [-0.39, 0.29) is 5.41 Å². The van der Waals surface area contributed by atoms with Gasteiger partial charge in [-0.3, -0.25) is 0 Å². The van der Waals surface area contributed by atoms with E-state index in [2.05, 4.69) is 38.5 Å². The summed E-state index contributed by atoms with van der Waals surface area (Å²) in [5.41, 5.74) is 1.44. The maximum atomic E-state index is 4.91. The average molecular weight is 305 g/mol. The summed E-state index contributed by atoms with van der Waals surface area (Å²) in [5, 5.41) is 7.22. The zero-order valence-electron chi connectivity index (χ0n) is 13.7. The highest BCUT2D eigenvalue weighted by Gasteiger charge is 2.66. The Morgan fingerprint density at radius 1 is 1.29 bits per heavy atom. The molecule has 1 heterocycles. The van der Waals surface area contributed by atoms with Gasteiger partial charge in [0.2, 0.25) is 0 Å². The molecular weight excluding hydrogens is 276 g/mol. The average Bonchev–Trinajstić information content (AvgIpc) is 2.86. The van der Waals surface area contributed by atoms with Crippen LogP contribution in [0.15, 0.2) is 5.38 Å². The second kappa shape index (κ2) is 4.79. The minimum atomic E-state index is 0.180. The Morgan fingerprint density at radius 3 is 2.48 bits per heavy atom. The first-order chi connectivity index (χ1) is 9.99. The zero-order chi connectivity index (χ0) is 14.8. The Kier molecular flexibility index (Phi) is 3.24. The molecule has 5 atom stereocenters. The lowest BCUT2D eigenvalue weighted by molar-refractivity contribution is 0.376. The molecule has 0 saturated heterocycles. The lowest BCUT2D eigenvalue weighted by Gasteiger charge is -2.19. The van der Waals surface area contributed by atoms with Gasteiger partial charge in [0.15, 0.2) is 0 Å². The molecule has 0 amide bonds. The van der Waals surface area contributed by atoms with Crippen LogP contribution in [0.4, 0.5) is 0 Å². The van der Waals surface area contributed by atoms with Crippen molar-refractivity contribution in [3.8, 4) is 0 Å². The summed E-state index contributed by atoms with van der Waals surface area (Å²) in [5.74, 6) is 5.21. The topological polar surface area (TPSA) is 24.9 Å². The summed E-state index contributed by atoms with van der Waals surface area (Å²) in [6, 6.07) is 0.655. The number of nitrogens with zero attached hydrogens (tertiary/aromatic N) is 1. The molecule has 3 aliphatic carbocycles. The fourth-order valence-corrected chi connectivity index (χ4v) is 6.38. The van der Waals surface area contributed by atoms with Crippen LogP contribution in [0.2, 0.25) is 0 Å². The van der Waals surface area contributed by atoms with Gasteiger partial charge in [-0.05, 0) is 55.9 Å². The molecule has 0 aromatic carbocycles. The Hall–Kier alpha value is -0.410. The maximum absolute atomic E-state index is 4.91.